The second kappa shape index (κ2) is 14.6. The third-order valence-electron chi connectivity index (χ3n) is 5.54. The summed E-state index contributed by atoms with van der Waals surface area (Å²) in [6.07, 6.45) is 3.30. The molecule has 0 atom stereocenters. The average molecular weight is 564 g/mol. The number of nitrogens with zero attached hydrogens (tertiary/aromatic N) is 3. The Morgan fingerprint density at radius 1 is 0.950 bits per heavy atom. The quantitative estimate of drug-likeness (QED) is 0.223. The lowest BCUT2D eigenvalue weighted by atomic mass is 9.96. The molecule has 4 N–H and O–H groups in total. The highest BCUT2D eigenvalue weighted by Crippen LogP contribution is 2.38. The number of benzene rings is 1. The highest BCUT2D eigenvalue weighted by atomic mass is 16.5. The van der Waals surface area contributed by atoms with Gasteiger partial charge in [0.15, 0.2) is 17.1 Å². The smallest absolute Gasteiger partial charge is 0.336 e. The Hall–Kier alpha value is -4.56. The van der Waals surface area contributed by atoms with E-state index in [0.717, 1.165) is 23.4 Å². The van der Waals surface area contributed by atoms with Gasteiger partial charge in [-0.2, -0.15) is 5.10 Å². The fourth-order valence-electron chi connectivity index (χ4n) is 3.80. The number of aryl methyl sites for hydroxylation is 1. The summed E-state index contributed by atoms with van der Waals surface area (Å²) < 4.78 is 23.7. The van der Waals surface area contributed by atoms with Crippen LogP contribution in [-0.2, 0) is 41.1 Å². The molecule has 40 heavy (non-hydrogen) atoms. The zero-order valence-corrected chi connectivity index (χ0v) is 22.6. The number of hydrogen-bond acceptors (Lipinski definition) is 10. The molecule has 14 heteroatoms. The van der Waals surface area contributed by atoms with E-state index < -0.39 is 36.4 Å². The first kappa shape index (κ1) is 31.7. The van der Waals surface area contributed by atoms with Crippen LogP contribution in [0.15, 0.2) is 47.3 Å². The fourth-order valence-corrected chi connectivity index (χ4v) is 3.80. The molecule has 0 saturated carbocycles. The Morgan fingerprint density at radius 2 is 1.52 bits per heavy atom. The Morgan fingerprint density at radius 3 is 1.93 bits per heavy atom. The van der Waals surface area contributed by atoms with Crippen molar-refractivity contribution in [1.82, 2.24) is 14.7 Å². The summed E-state index contributed by atoms with van der Waals surface area (Å²) in [5.74, 6) is -2.23. The fraction of sp³-hybridized carbons (Fsp3) is 0.385. The number of furan rings is 1. The number of rotatable bonds is 14. The summed E-state index contributed by atoms with van der Waals surface area (Å²) in [6, 6.07) is 7.82. The van der Waals surface area contributed by atoms with Crippen LogP contribution in [0.4, 0.5) is 0 Å². The molecule has 0 aliphatic heterocycles. The molecule has 0 fully saturated rings. The van der Waals surface area contributed by atoms with Crippen LogP contribution >= 0.6 is 0 Å². The van der Waals surface area contributed by atoms with Crippen LogP contribution in [0.1, 0.15) is 29.7 Å². The predicted octanol–water partition coefficient (Wildman–Crippen LogP) is 1.99. The number of aliphatic carboxylic acids is 3. The third-order valence-corrected chi connectivity index (χ3v) is 5.54. The van der Waals surface area contributed by atoms with E-state index in [-0.39, 0.29) is 0 Å². The van der Waals surface area contributed by atoms with Crippen LogP contribution in [0, 0.1) is 0 Å². The van der Waals surface area contributed by atoms with E-state index >= 15 is 0 Å². The zero-order valence-electron chi connectivity index (χ0n) is 22.6. The van der Waals surface area contributed by atoms with Crippen molar-refractivity contribution < 1.29 is 53.4 Å². The molecule has 3 rings (SSSR count). The highest BCUT2D eigenvalue weighted by Gasteiger charge is 2.40. The van der Waals surface area contributed by atoms with Crippen LogP contribution in [0.2, 0.25) is 0 Å². The summed E-state index contributed by atoms with van der Waals surface area (Å²) in [5, 5.41) is 38.1. The first-order valence-electron chi connectivity index (χ1n) is 11.8. The van der Waals surface area contributed by atoms with Crippen molar-refractivity contribution in [1.29, 1.82) is 0 Å². The van der Waals surface area contributed by atoms with Gasteiger partial charge < -0.3 is 39.1 Å². The van der Waals surface area contributed by atoms with E-state index in [0.29, 0.717) is 30.3 Å². The predicted molar refractivity (Wildman–Crippen MR) is 138 cm³/mol. The molecule has 3 aromatic rings. The Kier molecular flexibility index (Phi) is 11.5. The van der Waals surface area contributed by atoms with E-state index in [2.05, 4.69) is 10.00 Å². The molecule has 0 saturated heterocycles. The number of aliphatic hydroxyl groups is 1. The first-order valence-corrected chi connectivity index (χ1v) is 11.8. The highest BCUT2D eigenvalue weighted by molar-refractivity contribution is 5.88. The minimum Gasteiger partial charge on any atom is -0.493 e. The molecule has 2 heterocycles. The molecule has 0 aliphatic carbocycles. The van der Waals surface area contributed by atoms with Gasteiger partial charge in [-0.1, -0.05) is 0 Å². The molecular formula is C26H33N3O11. The topological polar surface area (TPSA) is 194 Å². The van der Waals surface area contributed by atoms with Gasteiger partial charge in [-0.05, 0) is 29.8 Å². The molecule has 14 nitrogen and oxygen atoms in total. The molecular weight excluding hydrogens is 530 g/mol. The second-order valence-electron chi connectivity index (χ2n) is 8.76. The number of carboxylic acids is 3. The molecule has 2 aromatic heterocycles. The third kappa shape index (κ3) is 9.32. The number of aromatic nitrogens is 2. The monoisotopic (exact) mass is 563 g/mol. The molecule has 1 aromatic carbocycles. The van der Waals surface area contributed by atoms with Gasteiger partial charge in [0, 0.05) is 31.9 Å². The van der Waals surface area contributed by atoms with Gasteiger partial charge in [0.05, 0.1) is 53.2 Å². The van der Waals surface area contributed by atoms with E-state index in [1.54, 1.807) is 32.3 Å². The maximum atomic E-state index is 10.3. The number of hydrogen-bond donors (Lipinski definition) is 4. The largest absolute Gasteiger partial charge is 0.493 e. The van der Waals surface area contributed by atoms with Crippen molar-refractivity contribution in [2.75, 3.05) is 21.3 Å². The summed E-state index contributed by atoms with van der Waals surface area (Å²) in [5.41, 5.74) is -0.547. The van der Waals surface area contributed by atoms with Gasteiger partial charge in [-0.3, -0.25) is 19.2 Å². The lowest BCUT2D eigenvalue weighted by Gasteiger charge is -2.22. The van der Waals surface area contributed by atoms with Crippen LogP contribution < -0.4 is 14.2 Å². The van der Waals surface area contributed by atoms with Gasteiger partial charge in [0.2, 0.25) is 5.75 Å². The normalized spacial score (nSPS) is 10.9. The minimum absolute atomic E-state index is 0.591. The number of ether oxygens (including phenoxy) is 3. The standard InChI is InChI=1S/C20H25N3O4.C6H8O7/c1-22-11-16(10-21-22)13-23(14-17-6-5-7-27-17)12-15-8-18(24-2)20(26-4)19(9-15)25-3;7-3(8)1-6(13,5(11)12)2-4(9)10/h5-11H,12-14H2,1-4H3;13H,1-2H2,(H,7,8)(H,9,10)(H,11,12). The lowest BCUT2D eigenvalue weighted by molar-refractivity contribution is -0.170. The van der Waals surface area contributed by atoms with Crippen molar-refractivity contribution in [2.45, 2.75) is 38.1 Å². The van der Waals surface area contributed by atoms with Crippen molar-refractivity contribution in [2.24, 2.45) is 7.05 Å². The van der Waals surface area contributed by atoms with Gasteiger partial charge in [0.1, 0.15) is 5.76 Å². The second-order valence-corrected chi connectivity index (χ2v) is 8.76. The SMILES string of the molecule is COc1cc(CN(Cc2cnn(C)c2)Cc2ccco2)cc(OC)c1OC.O=C(O)CC(O)(CC(=O)O)C(=O)O. The maximum Gasteiger partial charge on any atom is 0.336 e. The van der Waals surface area contributed by atoms with Gasteiger partial charge >= 0.3 is 17.9 Å². The van der Waals surface area contributed by atoms with Crippen molar-refractivity contribution in [3.63, 3.8) is 0 Å². The van der Waals surface area contributed by atoms with E-state index in [4.69, 9.17) is 39.1 Å². The summed E-state index contributed by atoms with van der Waals surface area (Å²) >= 11 is 0. The maximum absolute atomic E-state index is 10.3. The molecule has 0 aliphatic rings. The van der Waals surface area contributed by atoms with Gasteiger partial charge in [-0.25, -0.2) is 4.79 Å². The molecule has 0 amide bonds. The van der Waals surface area contributed by atoms with Crippen molar-refractivity contribution in [3.05, 3.63) is 59.8 Å². The first-order chi connectivity index (χ1) is 18.9. The molecule has 218 valence electrons. The zero-order chi connectivity index (χ0) is 29.9. The average Bonchev–Trinajstić information content (AvgIpc) is 3.54. The molecule has 0 bridgehead atoms. The van der Waals surface area contributed by atoms with Gasteiger partial charge in [0.25, 0.3) is 0 Å². The van der Waals surface area contributed by atoms with Gasteiger partial charge in [-0.15, -0.1) is 0 Å². The van der Waals surface area contributed by atoms with E-state index in [1.165, 1.54) is 0 Å². The Bertz CT molecular complexity index is 1230. The summed E-state index contributed by atoms with van der Waals surface area (Å²) in [7, 11) is 6.76. The van der Waals surface area contributed by atoms with Crippen LogP contribution in [-0.4, -0.2) is 79.9 Å². The van der Waals surface area contributed by atoms with E-state index in [9.17, 15) is 14.4 Å². The number of carbonyl (C=O) groups is 3. The van der Waals surface area contributed by atoms with Crippen molar-refractivity contribution >= 4 is 17.9 Å². The lowest BCUT2D eigenvalue weighted by Crippen LogP contribution is -2.42. The van der Waals surface area contributed by atoms with E-state index in [1.807, 2.05) is 43.7 Å². The Labute approximate surface area is 229 Å². The number of methoxy groups -OCH3 is 3. The van der Waals surface area contributed by atoms with Crippen LogP contribution in [0.5, 0.6) is 17.2 Å². The summed E-state index contributed by atoms with van der Waals surface area (Å²) in [4.78, 5) is 32.8. The van der Waals surface area contributed by atoms with Crippen LogP contribution in [0.3, 0.4) is 0 Å². The Balaban J connectivity index is 0.000000366. The molecule has 0 unspecified atom stereocenters. The van der Waals surface area contributed by atoms with Crippen molar-refractivity contribution in [3.8, 4) is 17.2 Å². The minimum atomic E-state index is -2.74. The number of carboxylic acid groups (broad SMARTS) is 3. The molecule has 0 spiro atoms. The summed E-state index contributed by atoms with van der Waals surface area (Å²) in [6.45, 7) is 2.11. The van der Waals surface area contributed by atoms with Crippen LogP contribution in [0.25, 0.3) is 0 Å². The molecule has 0 radical (unpaired) electrons.